The van der Waals surface area contributed by atoms with Gasteiger partial charge in [-0.2, -0.15) is 0 Å². The van der Waals surface area contributed by atoms with Crippen LogP contribution in [0.4, 0.5) is 0 Å². The zero-order chi connectivity index (χ0) is 13.1. The molecule has 0 aromatic heterocycles. The summed E-state index contributed by atoms with van der Waals surface area (Å²) in [6.07, 6.45) is 0.338. The first-order chi connectivity index (χ1) is 7.93. The van der Waals surface area contributed by atoms with Crippen molar-refractivity contribution in [2.45, 2.75) is 26.2 Å². The molecule has 92 valence electrons. The van der Waals surface area contributed by atoms with Gasteiger partial charge in [0.05, 0.1) is 11.3 Å². The number of hydrogen-bond donors (Lipinski definition) is 2. The molecule has 0 spiro atoms. The lowest BCUT2D eigenvalue weighted by molar-refractivity contribution is -0.152. The zero-order valence-electron chi connectivity index (χ0n) is 10.0. The average molecular weight is 235 g/mol. The first kappa shape index (κ1) is 13.2. The second-order valence-electron chi connectivity index (χ2n) is 4.32. The Morgan fingerprint density at radius 1 is 1.35 bits per heavy atom. The largest absolute Gasteiger partial charge is 0.481 e. The Hall–Kier alpha value is -1.84. The van der Waals surface area contributed by atoms with Gasteiger partial charge in [-0.25, -0.2) is 0 Å². The number of amides is 1. The molecule has 1 rings (SSSR count). The van der Waals surface area contributed by atoms with Crippen LogP contribution in [0, 0.1) is 5.41 Å². The van der Waals surface area contributed by atoms with Crippen molar-refractivity contribution in [3.8, 4) is 0 Å². The van der Waals surface area contributed by atoms with Crippen LogP contribution in [0.3, 0.4) is 0 Å². The van der Waals surface area contributed by atoms with Crippen LogP contribution in [-0.2, 0) is 9.59 Å². The Balaban J connectivity index is 3.27. The molecule has 0 aliphatic rings. The summed E-state index contributed by atoms with van der Waals surface area (Å²) >= 11 is 0. The number of rotatable bonds is 5. The predicted octanol–water partition coefficient (Wildman–Crippen LogP) is 1.76. The van der Waals surface area contributed by atoms with E-state index in [0.29, 0.717) is 12.0 Å². The molecule has 0 aliphatic carbocycles. The molecule has 0 saturated heterocycles. The lowest BCUT2D eigenvalue weighted by atomic mass is 9.71. The minimum atomic E-state index is -1.17. The van der Waals surface area contributed by atoms with Gasteiger partial charge >= 0.3 is 5.97 Å². The van der Waals surface area contributed by atoms with Gasteiger partial charge in [-0.05, 0) is 18.9 Å². The Labute approximate surface area is 100 Å². The van der Waals surface area contributed by atoms with Crippen molar-refractivity contribution < 1.29 is 14.7 Å². The van der Waals surface area contributed by atoms with Crippen LogP contribution in [-0.4, -0.2) is 17.0 Å². The number of nitrogens with two attached hydrogens (primary N) is 1. The molecule has 4 heteroatoms. The van der Waals surface area contributed by atoms with Crippen molar-refractivity contribution in [1.82, 2.24) is 0 Å². The molecule has 2 atom stereocenters. The number of carboxylic acid groups (broad SMARTS) is 1. The maximum Gasteiger partial charge on any atom is 0.310 e. The van der Waals surface area contributed by atoms with E-state index in [1.54, 1.807) is 38.1 Å². The van der Waals surface area contributed by atoms with E-state index in [-0.39, 0.29) is 0 Å². The van der Waals surface area contributed by atoms with Gasteiger partial charge in [-0.15, -0.1) is 0 Å². The normalized spacial score (nSPS) is 15.9. The second kappa shape index (κ2) is 4.99. The molecule has 0 heterocycles. The van der Waals surface area contributed by atoms with Crippen LogP contribution in [0.1, 0.15) is 31.7 Å². The summed E-state index contributed by atoms with van der Waals surface area (Å²) in [5.41, 5.74) is 4.84. The average Bonchev–Trinajstić information content (AvgIpc) is 2.29. The second-order valence-corrected chi connectivity index (χ2v) is 4.32. The highest BCUT2D eigenvalue weighted by Gasteiger charge is 2.44. The maximum atomic E-state index is 11.6. The van der Waals surface area contributed by atoms with Crippen LogP contribution in [0.2, 0.25) is 0 Å². The first-order valence-electron chi connectivity index (χ1n) is 5.51. The van der Waals surface area contributed by atoms with Crippen LogP contribution in [0.15, 0.2) is 30.3 Å². The van der Waals surface area contributed by atoms with Crippen molar-refractivity contribution in [1.29, 1.82) is 0 Å². The van der Waals surface area contributed by atoms with Gasteiger partial charge in [-0.3, -0.25) is 9.59 Å². The first-order valence-corrected chi connectivity index (χ1v) is 5.51. The predicted molar refractivity (Wildman–Crippen MR) is 64.4 cm³/mol. The standard InChI is InChI=1S/C13H17NO3/c1-3-13(2,12(16)17)10(11(14)15)9-7-5-4-6-8-9/h4-8,10H,3H2,1-2H3,(H2,14,15)(H,16,17). The number of benzene rings is 1. The van der Waals surface area contributed by atoms with E-state index in [2.05, 4.69) is 0 Å². The molecule has 0 fully saturated rings. The fourth-order valence-electron chi connectivity index (χ4n) is 1.97. The van der Waals surface area contributed by atoms with E-state index in [4.69, 9.17) is 5.73 Å². The molecule has 0 aliphatic heterocycles. The van der Waals surface area contributed by atoms with Crippen molar-refractivity contribution in [3.05, 3.63) is 35.9 Å². The van der Waals surface area contributed by atoms with Gasteiger partial charge in [0.15, 0.2) is 0 Å². The van der Waals surface area contributed by atoms with E-state index < -0.39 is 23.2 Å². The van der Waals surface area contributed by atoms with E-state index in [0.717, 1.165) is 0 Å². The molecule has 1 amide bonds. The summed E-state index contributed by atoms with van der Waals surface area (Å²) in [6, 6.07) is 8.80. The summed E-state index contributed by atoms with van der Waals surface area (Å²) in [5, 5.41) is 9.31. The minimum Gasteiger partial charge on any atom is -0.481 e. The molecule has 0 saturated carbocycles. The molecule has 1 aromatic rings. The molecule has 0 bridgehead atoms. The number of aliphatic carboxylic acids is 1. The van der Waals surface area contributed by atoms with Crippen molar-refractivity contribution in [2.24, 2.45) is 11.1 Å². The number of carboxylic acids is 1. The Morgan fingerprint density at radius 2 is 1.88 bits per heavy atom. The monoisotopic (exact) mass is 235 g/mol. The van der Waals surface area contributed by atoms with Gasteiger partial charge in [0.25, 0.3) is 0 Å². The Morgan fingerprint density at radius 3 is 2.24 bits per heavy atom. The molecular formula is C13H17NO3. The van der Waals surface area contributed by atoms with E-state index in [1.807, 2.05) is 6.07 Å². The van der Waals surface area contributed by atoms with Crippen LogP contribution in [0.25, 0.3) is 0 Å². The van der Waals surface area contributed by atoms with Gasteiger partial charge in [0.2, 0.25) is 5.91 Å². The zero-order valence-corrected chi connectivity index (χ0v) is 10.0. The van der Waals surface area contributed by atoms with Gasteiger partial charge < -0.3 is 10.8 Å². The number of hydrogen-bond acceptors (Lipinski definition) is 2. The molecule has 0 radical (unpaired) electrons. The quantitative estimate of drug-likeness (QED) is 0.816. The highest BCUT2D eigenvalue weighted by atomic mass is 16.4. The van der Waals surface area contributed by atoms with E-state index in [9.17, 15) is 14.7 Å². The summed E-state index contributed by atoms with van der Waals surface area (Å²) in [4.78, 5) is 22.9. The van der Waals surface area contributed by atoms with Gasteiger partial charge in [0.1, 0.15) is 0 Å². The van der Waals surface area contributed by atoms with Gasteiger partial charge in [-0.1, -0.05) is 37.3 Å². The third-order valence-electron chi connectivity index (χ3n) is 3.28. The number of primary amides is 1. The highest BCUT2D eigenvalue weighted by Crippen LogP contribution is 2.38. The number of carbonyl (C=O) groups is 2. The Kier molecular flexibility index (Phi) is 3.89. The smallest absolute Gasteiger partial charge is 0.310 e. The third kappa shape index (κ3) is 2.46. The SMILES string of the molecule is CCC(C)(C(=O)O)C(C(N)=O)c1ccccc1. The van der Waals surface area contributed by atoms with Gasteiger partial charge in [0, 0.05) is 0 Å². The minimum absolute atomic E-state index is 0.338. The molecular weight excluding hydrogens is 218 g/mol. The number of carbonyl (C=O) groups excluding carboxylic acids is 1. The summed E-state index contributed by atoms with van der Waals surface area (Å²) in [7, 11) is 0. The fourth-order valence-corrected chi connectivity index (χ4v) is 1.97. The van der Waals surface area contributed by atoms with Crippen LogP contribution >= 0.6 is 0 Å². The van der Waals surface area contributed by atoms with Crippen molar-refractivity contribution >= 4 is 11.9 Å². The molecule has 4 nitrogen and oxygen atoms in total. The van der Waals surface area contributed by atoms with Crippen LogP contribution < -0.4 is 5.73 Å². The topological polar surface area (TPSA) is 80.4 Å². The van der Waals surface area contributed by atoms with Crippen LogP contribution in [0.5, 0.6) is 0 Å². The lowest BCUT2D eigenvalue weighted by Gasteiger charge is -2.31. The fraction of sp³-hybridized carbons (Fsp3) is 0.385. The van der Waals surface area contributed by atoms with Crippen molar-refractivity contribution in [3.63, 3.8) is 0 Å². The van der Waals surface area contributed by atoms with Crippen molar-refractivity contribution in [2.75, 3.05) is 0 Å². The summed E-state index contributed by atoms with van der Waals surface area (Å²) in [6.45, 7) is 3.30. The molecule has 1 aromatic carbocycles. The lowest BCUT2D eigenvalue weighted by Crippen LogP contribution is -2.41. The van der Waals surface area contributed by atoms with E-state index in [1.165, 1.54) is 0 Å². The maximum absolute atomic E-state index is 11.6. The summed E-state index contributed by atoms with van der Waals surface area (Å²) in [5.74, 6) is -2.43. The third-order valence-corrected chi connectivity index (χ3v) is 3.28. The molecule has 17 heavy (non-hydrogen) atoms. The Bertz CT molecular complexity index is 416. The molecule has 2 unspecified atom stereocenters. The highest BCUT2D eigenvalue weighted by molar-refractivity contribution is 5.90. The van der Waals surface area contributed by atoms with E-state index >= 15 is 0 Å². The molecule has 3 N–H and O–H groups in total. The summed E-state index contributed by atoms with van der Waals surface area (Å²) < 4.78 is 0.